The van der Waals surface area contributed by atoms with Crippen molar-refractivity contribution in [1.82, 2.24) is 14.6 Å². The largest absolute Gasteiger partial charge is 0.497 e. The molecular formula is C17H18ClN3OS. The van der Waals surface area contributed by atoms with E-state index in [1.807, 2.05) is 36.4 Å². The molecule has 0 bridgehead atoms. The lowest BCUT2D eigenvalue weighted by Gasteiger charge is -2.05. The van der Waals surface area contributed by atoms with Crippen LogP contribution in [0.5, 0.6) is 5.75 Å². The van der Waals surface area contributed by atoms with E-state index >= 15 is 0 Å². The fourth-order valence-corrected chi connectivity index (χ4v) is 3.42. The second-order valence-corrected chi connectivity index (χ2v) is 6.65. The van der Waals surface area contributed by atoms with Gasteiger partial charge in [-0.2, -0.15) is 5.10 Å². The van der Waals surface area contributed by atoms with Gasteiger partial charge in [0.05, 0.1) is 12.8 Å². The summed E-state index contributed by atoms with van der Waals surface area (Å²) in [5.74, 6) is 1.88. The van der Waals surface area contributed by atoms with E-state index in [1.165, 1.54) is 12.8 Å². The molecular weight excluding hydrogens is 330 g/mol. The lowest BCUT2D eigenvalue weighted by Crippen LogP contribution is -1.94. The molecule has 0 atom stereocenters. The Labute approximate surface area is 144 Å². The Kier molecular flexibility index (Phi) is 5.08. The Morgan fingerprint density at radius 1 is 1.22 bits per heavy atom. The average Bonchev–Trinajstić information content (AvgIpc) is 2.99. The maximum atomic E-state index is 6.37. The molecule has 0 spiro atoms. The quantitative estimate of drug-likeness (QED) is 0.359. The fourth-order valence-electron chi connectivity index (χ4n) is 2.22. The minimum Gasteiger partial charge on any atom is -0.497 e. The molecule has 23 heavy (non-hydrogen) atoms. The number of nitrogens with zero attached hydrogens (tertiary/aromatic N) is 3. The number of aromatic nitrogens is 3. The zero-order chi connectivity index (χ0) is 16.2. The first-order valence-electron chi connectivity index (χ1n) is 7.55. The van der Waals surface area contributed by atoms with Crippen LogP contribution in [-0.4, -0.2) is 27.5 Å². The Bertz CT molecular complexity index is 801. The molecule has 3 aromatic rings. The summed E-state index contributed by atoms with van der Waals surface area (Å²) in [5, 5.41) is 6.03. The molecule has 0 aliphatic heterocycles. The Morgan fingerprint density at radius 2 is 2.00 bits per heavy atom. The minimum absolute atomic E-state index is 0.558. The summed E-state index contributed by atoms with van der Waals surface area (Å²) in [5.41, 5.74) is 2.59. The zero-order valence-electron chi connectivity index (χ0n) is 13.1. The van der Waals surface area contributed by atoms with E-state index in [9.17, 15) is 0 Å². The summed E-state index contributed by atoms with van der Waals surface area (Å²) in [4.78, 5) is 4.67. The lowest BCUT2D eigenvalue weighted by atomic mass is 10.1. The van der Waals surface area contributed by atoms with E-state index in [0.717, 1.165) is 33.4 Å². The molecule has 0 aliphatic rings. The molecule has 1 aromatic carbocycles. The first-order valence-corrected chi connectivity index (χ1v) is 8.91. The number of hydrogen-bond acceptors (Lipinski definition) is 4. The van der Waals surface area contributed by atoms with Gasteiger partial charge in [-0.3, -0.25) is 0 Å². The van der Waals surface area contributed by atoms with Gasteiger partial charge in [-0.15, -0.1) is 11.8 Å². The molecule has 0 fully saturated rings. The molecule has 3 rings (SSSR count). The summed E-state index contributed by atoms with van der Waals surface area (Å²) in [7, 11) is 1.65. The minimum atomic E-state index is 0.558. The van der Waals surface area contributed by atoms with Crippen LogP contribution in [0.15, 0.2) is 41.4 Å². The molecule has 2 heterocycles. The summed E-state index contributed by atoms with van der Waals surface area (Å²) >= 11 is 8.11. The van der Waals surface area contributed by atoms with Gasteiger partial charge in [0.2, 0.25) is 0 Å². The van der Waals surface area contributed by atoms with Gasteiger partial charge >= 0.3 is 0 Å². The van der Waals surface area contributed by atoms with E-state index in [1.54, 1.807) is 23.4 Å². The number of rotatable bonds is 6. The van der Waals surface area contributed by atoms with Crippen LogP contribution >= 0.6 is 23.4 Å². The number of ether oxygens (including phenoxy) is 1. The SMILES string of the molecule is CCCCSc1cc2nc(-c3ccc(OC)cc3)cc(Cl)n2n1. The van der Waals surface area contributed by atoms with Crippen LogP contribution in [0.2, 0.25) is 5.15 Å². The monoisotopic (exact) mass is 347 g/mol. The topological polar surface area (TPSA) is 39.4 Å². The standard InChI is InChI=1S/C17H18ClN3OS/c1-3-4-9-23-17-11-16-19-14(10-15(18)21(16)20-17)12-5-7-13(22-2)8-6-12/h5-8,10-11H,3-4,9H2,1-2H3. The van der Waals surface area contributed by atoms with Crippen LogP contribution in [0.1, 0.15) is 19.8 Å². The van der Waals surface area contributed by atoms with Gasteiger partial charge in [-0.25, -0.2) is 9.50 Å². The van der Waals surface area contributed by atoms with Crippen LogP contribution in [0, 0.1) is 0 Å². The van der Waals surface area contributed by atoms with Crippen molar-refractivity contribution in [3.05, 3.63) is 41.6 Å². The molecule has 4 nitrogen and oxygen atoms in total. The Morgan fingerprint density at radius 3 is 2.70 bits per heavy atom. The highest BCUT2D eigenvalue weighted by Gasteiger charge is 2.10. The normalized spacial score (nSPS) is 11.1. The van der Waals surface area contributed by atoms with Crippen LogP contribution in [0.25, 0.3) is 16.9 Å². The van der Waals surface area contributed by atoms with E-state index in [-0.39, 0.29) is 0 Å². The predicted molar refractivity (Wildman–Crippen MR) is 95.6 cm³/mol. The highest BCUT2D eigenvalue weighted by Crippen LogP contribution is 2.26. The number of unbranched alkanes of at least 4 members (excludes halogenated alkanes) is 1. The second kappa shape index (κ2) is 7.23. The van der Waals surface area contributed by atoms with E-state index < -0.39 is 0 Å². The second-order valence-electron chi connectivity index (χ2n) is 5.15. The molecule has 0 saturated carbocycles. The van der Waals surface area contributed by atoms with Gasteiger partial charge in [0, 0.05) is 17.7 Å². The molecule has 0 saturated heterocycles. The summed E-state index contributed by atoms with van der Waals surface area (Å²) in [6.45, 7) is 2.18. The van der Waals surface area contributed by atoms with Crippen molar-refractivity contribution in [1.29, 1.82) is 0 Å². The van der Waals surface area contributed by atoms with Crippen molar-refractivity contribution in [3.63, 3.8) is 0 Å². The smallest absolute Gasteiger partial charge is 0.158 e. The Hall–Kier alpha value is -1.72. The first-order chi connectivity index (χ1) is 11.2. The molecule has 0 unspecified atom stereocenters. The van der Waals surface area contributed by atoms with Crippen LogP contribution in [0.4, 0.5) is 0 Å². The first kappa shape index (κ1) is 16.1. The maximum absolute atomic E-state index is 6.37. The van der Waals surface area contributed by atoms with Gasteiger partial charge in [-0.05, 0) is 36.4 Å². The van der Waals surface area contributed by atoms with Crippen LogP contribution in [-0.2, 0) is 0 Å². The molecule has 6 heteroatoms. The number of thioether (sulfide) groups is 1. The predicted octanol–water partition coefficient (Wildman–Crippen LogP) is 4.95. The van der Waals surface area contributed by atoms with Gasteiger partial charge in [0.15, 0.2) is 5.65 Å². The lowest BCUT2D eigenvalue weighted by molar-refractivity contribution is 0.415. The van der Waals surface area contributed by atoms with Crippen molar-refractivity contribution in [2.45, 2.75) is 24.8 Å². The van der Waals surface area contributed by atoms with Crippen molar-refractivity contribution < 1.29 is 4.74 Å². The van der Waals surface area contributed by atoms with Crippen LogP contribution < -0.4 is 4.74 Å². The van der Waals surface area contributed by atoms with Gasteiger partial charge in [0.25, 0.3) is 0 Å². The molecule has 0 N–H and O–H groups in total. The number of methoxy groups -OCH3 is 1. The highest BCUT2D eigenvalue weighted by atomic mass is 35.5. The van der Waals surface area contributed by atoms with Gasteiger partial charge in [0.1, 0.15) is 15.9 Å². The van der Waals surface area contributed by atoms with Crippen molar-refractivity contribution in [2.24, 2.45) is 0 Å². The highest BCUT2D eigenvalue weighted by molar-refractivity contribution is 7.99. The number of fused-ring (bicyclic) bond motifs is 1. The number of benzene rings is 1. The summed E-state index contributed by atoms with van der Waals surface area (Å²) in [6.07, 6.45) is 2.36. The Balaban J connectivity index is 1.92. The molecule has 0 amide bonds. The molecule has 0 radical (unpaired) electrons. The maximum Gasteiger partial charge on any atom is 0.158 e. The average molecular weight is 348 g/mol. The summed E-state index contributed by atoms with van der Waals surface area (Å²) in [6, 6.07) is 11.6. The van der Waals surface area contributed by atoms with Crippen molar-refractivity contribution >= 4 is 29.0 Å². The van der Waals surface area contributed by atoms with Gasteiger partial charge < -0.3 is 4.74 Å². The van der Waals surface area contributed by atoms with E-state index in [0.29, 0.717) is 5.15 Å². The molecule has 2 aromatic heterocycles. The number of hydrogen-bond donors (Lipinski definition) is 0. The third-order valence-corrected chi connectivity index (χ3v) is 4.75. The van der Waals surface area contributed by atoms with Crippen molar-refractivity contribution in [3.8, 4) is 17.0 Å². The van der Waals surface area contributed by atoms with E-state index in [4.69, 9.17) is 16.3 Å². The van der Waals surface area contributed by atoms with Crippen LogP contribution in [0.3, 0.4) is 0 Å². The molecule has 120 valence electrons. The fraction of sp³-hybridized carbons (Fsp3) is 0.294. The van der Waals surface area contributed by atoms with E-state index in [2.05, 4.69) is 17.0 Å². The van der Waals surface area contributed by atoms with Crippen molar-refractivity contribution in [2.75, 3.05) is 12.9 Å². The molecule has 0 aliphatic carbocycles. The zero-order valence-corrected chi connectivity index (χ0v) is 14.7. The summed E-state index contributed by atoms with van der Waals surface area (Å²) < 4.78 is 6.87. The third kappa shape index (κ3) is 3.62. The number of halogens is 1. The van der Waals surface area contributed by atoms with Gasteiger partial charge in [-0.1, -0.05) is 24.9 Å². The third-order valence-electron chi connectivity index (χ3n) is 3.49.